The molecule has 5 heteroatoms. The summed E-state index contributed by atoms with van der Waals surface area (Å²) in [6.07, 6.45) is 0. The number of methoxy groups -OCH3 is 2. The Morgan fingerprint density at radius 1 is 1.39 bits per heavy atom. The van der Waals surface area contributed by atoms with Crippen molar-refractivity contribution in [1.82, 2.24) is 4.90 Å². The van der Waals surface area contributed by atoms with Crippen molar-refractivity contribution in [3.63, 3.8) is 0 Å². The maximum absolute atomic E-state index is 10.9. The first kappa shape index (κ1) is 14.3. The largest absolute Gasteiger partial charge is 0.497 e. The first-order valence-electron chi connectivity index (χ1n) is 5.63. The fourth-order valence-electron chi connectivity index (χ4n) is 1.60. The quantitative estimate of drug-likeness (QED) is 0.834. The van der Waals surface area contributed by atoms with Gasteiger partial charge in [0.2, 0.25) is 0 Å². The predicted molar refractivity (Wildman–Crippen MR) is 68.1 cm³/mol. The van der Waals surface area contributed by atoms with Crippen LogP contribution in [-0.4, -0.2) is 43.3 Å². The van der Waals surface area contributed by atoms with Gasteiger partial charge in [0.05, 0.1) is 14.2 Å². The fraction of sp³-hybridized carbons (Fsp3) is 0.462. The maximum Gasteiger partial charge on any atom is 0.320 e. The normalized spacial score (nSPS) is 12.3. The number of hydrogen-bond donors (Lipinski definition) is 1. The number of rotatable bonds is 6. The van der Waals surface area contributed by atoms with Gasteiger partial charge in [0.1, 0.15) is 17.5 Å². The molecule has 0 aliphatic rings. The first-order chi connectivity index (χ1) is 8.49. The van der Waals surface area contributed by atoms with E-state index in [1.165, 1.54) is 0 Å². The molecule has 1 aromatic rings. The highest BCUT2D eigenvalue weighted by atomic mass is 16.5. The lowest BCUT2D eigenvalue weighted by molar-refractivity contribution is -0.142. The molecule has 1 rings (SSSR count). The fourth-order valence-corrected chi connectivity index (χ4v) is 1.60. The van der Waals surface area contributed by atoms with Crippen LogP contribution in [0.4, 0.5) is 0 Å². The minimum absolute atomic E-state index is 0.480. The summed E-state index contributed by atoms with van der Waals surface area (Å²) in [5.41, 5.74) is 0.896. The summed E-state index contributed by atoms with van der Waals surface area (Å²) < 4.78 is 10.4. The SMILES string of the molecule is COc1ccc(OC)c(CN(C)C(C)C(=O)O)c1. The van der Waals surface area contributed by atoms with Crippen molar-refractivity contribution in [2.45, 2.75) is 19.5 Å². The molecule has 0 fully saturated rings. The van der Waals surface area contributed by atoms with Crippen molar-refractivity contribution >= 4 is 5.97 Å². The maximum atomic E-state index is 10.9. The third kappa shape index (κ3) is 3.37. The highest BCUT2D eigenvalue weighted by Crippen LogP contribution is 2.25. The van der Waals surface area contributed by atoms with E-state index in [1.54, 1.807) is 33.1 Å². The number of likely N-dealkylation sites (N-methyl/N-ethyl adjacent to an activating group) is 1. The van der Waals surface area contributed by atoms with E-state index in [0.29, 0.717) is 6.54 Å². The van der Waals surface area contributed by atoms with Crippen LogP contribution < -0.4 is 9.47 Å². The number of carbonyl (C=O) groups is 1. The smallest absolute Gasteiger partial charge is 0.320 e. The standard InChI is InChI=1S/C13H19NO4/c1-9(13(15)16)14(2)8-10-7-11(17-3)5-6-12(10)18-4/h5-7,9H,8H2,1-4H3,(H,15,16). The molecule has 1 aromatic carbocycles. The lowest BCUT2D eigenvalue weighted by atomic mass is 10.1. The Morgan fingerprint density at radius 2 is 2.06 bits per heavy atom. The average molecular weight is 253 g/mol. The van der Waals surface area contributed by atoms with Gasteiger partial charge in [0.15, 0.2) is 0 Å². The molecule has 0 amide bonds. The molecule has 5 nitrogen and oxygen atoms in total. The summed E-state index contributed by atoms with van der Waals surface area (Å²) >= 11 is 0. The number of aliphatic carboxylic acids is 1. The van der Waals surface area contributed by atoms with Gasteiger partial charge < -0.3 is 14.6 Å². The summed E-state index contributed by atoms with van der Waals surface area (Å²) in [5, 5.41) is 8.96. The van der Waals surface area contributed by atoms with Crippen LogP contribution in [-0.2, 0) is 11.3 Å². The molecule has 0 bridgehead atoms. The summed E-state index contributed by atoms with van der Waals surface area (Å²) in [5.74, 6) is 0.599. The monoisotopic (exact) mass is 253 g/mol. The number of carboxylic acid groups (broad SMARTS) is 1. The Hall–Kier alpha value is -1.75. The zero-order valence-corrected chi connectivity index (χ0v) is 11.1. The van der Waals surface area contributed by atoms with Crippen LogP contribution in [0.1, 0.15) is 12.5 Å². The number of benzene rings is 1. The highest BCUT2D eigenvalue weighted by Gasteiger charge is 2.18. The lowest BCUT2D eigenvalue weighted by Crippen LogP contribution is -2.35. The molecule has 0 radical (unpaired) electrons. The zero-order chi connectivity index (χ0) is 13.7. The molecule has 0 spiro atoms. The molecule has 0 saturated heterocycles. The van der Waals surface area contributed by atoms with Crippen LogP contribution in [0.15, 0.2) is 18.2 Å². The van der Waals surface area contributed by atoms with E-state index in [1.807, 2.05) is 18.2 Å². The number of hydrogen-bond acceptors (Lipinski definition) is 4. The molecule has 0 heterocycles. The Morgan fingerprint density at radius 3 is 2.56 bits per heavy atom. The summed E-state index contributed by atoms with van der Waals surface area (Å²) in [4.78, 5) is 12.6. The van der Waals surface area contributed by atoms with Gasteiger partial charge in [-0.3, -0.25) is 9.69 Å². The molecule has 1 unspecified atom stereocenters. The molecule has 100 valence electrons. The molecule has 0 aromatic heterocycles. The third-order valence-corrected chi connectivity index (χ3v) is 2.93. The van der Waals surface area contributed by atoms with E-state index in [9.17, 15) is 4.79 Å². The molecule has 0 aliphatic heterocycles. The topological polar surface area (TPSA) is 59.0 Å². The minimum Gasteiger partial charge on any atom is -0.497 e. The van der Waals surface area contributed by atoms with Crippen LogP contribution in [0.25, 0.3) is 0 Å². The second-order valence-corrected chi connectivity index (χ2v) is 4.11. The van der Waals surface area contributed by atoms with E-state index in [2.05, 4.69) is 0 Å². The Kier molecular flexibility index (Phi) is 4.97. The van der Waals surface area contributed by atoms with Crippen LogP contribution >= 0.6 is 0 Å². The van der Waals surface area contributed by atoms with Gasteiger partial charge >= 0.3 is 5.97 Å². The molecule has 0 aliphatic carbocycles. The van der Waals surface area contributed by atoms with Gasteiger partial charge in [-0.05, 0) is 32.2 Å². The highest BCUT2D eigenvalue weighted by molar-refractivity contribution is 5.72. The molecular weight excluding hydrogens is 234 g/mol. The molecule has 1 N–H and O–H groups in total. The molecule has 18 heavy (non-hydrogen) atoms. The number of nitrogens with zero attached hydrogens (tertiary/aromatic N) is 1. The minimum atomic E-state index is -0.848. The van der Waals surface area contributed by atoms with E-state index >= 15 is 0 Å². The second-order valence-electron chi connectivity index (χ2n) is 4.11. The molecule has 0 saturated carbocycles. The van der Waals surface area contributed by atoms with E-state index in [4.69, 9.17) is 14.6 Å². The van der Waals surface area contributed by atoms with Gasteiger partial charge in [-0.25, -0.2) is 0 Å². The van der Waals surface area contributed by atoms with Gasteiger partial charge in [0, 0.05) is 12.1 Å². The van der Waals surface area contributed by atoms with Crippen LogP contribution in [0.3, 0.4) is 0 Å². The van der Waals surface area contributed by atoms with Crippen molar-refractivity contribution in [2.75, 3.05) is 21.3 Å². The van der Waals surface area contributed by atoms with Gasteiger partial charge in [-0.2, -0.15) is 0 Å². The van der Waals surface area contributed by atoms with E-state index < -0.39 is 12.0 Å². The van der Waals surface area contributed by atoms with Crippen LogP contribution in [0.2, 0.25) is 0 Å². The third-order valence-electron chi connectivity index (χ3n) is 2.93. The van der Waals surface area contributed by atoms with Gasteiger partial charge in [0.25, 0.3) is 0 Å². The van der Waals surface area contributed by atoms with Crippen LogP contribution in [0.5, 0.6) is 11.5 Å². The van der Waals surface area contributed by atoms with Crippen molar-refractivity contribution in [1.29, 1.82) is 0 Å². The number of carboxylic acids is 1. The van der Waals surface area contributed by atoms with Crippen molar-refractivity contribution in [2.24, 2.45) is 0 Å². The Bertz CT molecular complexity index is 419. The van der Waals surface area contributed by atoms with Crippen molar-refractivity contribution in [3.05, 3.63) is 23.8 Å². The second kappa shape index (κ2) is 6.26. The van der Waals surface area contributed by atoms with Crippen molar-refractivity contribution in [3.8, 4) is 11.5 Å². The summed E-state index contributed by atoms with van der Waals surface area (Å²) in [7, 11) is 4.94. The summed E-state index contributed by atoms with van der Waals surface area (Å²) in [6, 6.07) is 4.92. The van der Waals surface area contributed by atoms with Crippen LogP contribution in [0, 0.1) is 0 Å². The van der Waals surface area contributed by atoms with E-state index in [0.717, 1.165) is 17.1 Å². The first-order valence-corrected chi connectivity index (χ1v) is 5.63. The van der Waals surface area contributed by atoms with Crippen molar-refractivity contribution < 1.29 is 19.4 Å². The van der Waals surface area contributed by atoms with E-state index in [-0.39, 0.29) is 0 Å². The Labute approximate surface area is 107 Å². The van der Waals surface area contributed by atoms with Gasteiger partial charge in [-0.15, -0.1) is 0 Å². The average Bonchev–Trinajstić information content (AvgIpc) is 2.37. The molecular formula is C13H19NO4. The predicted octanol–water partition coefficient (Wildman–Crippen LogP) is 1.61. The lowest BCUT2D eigenvalue weighted by Gasteiger charge is -2.22. The zero-order valence-electron chi connectivity index (χ0n) is 11.1. The Balaban J connectivity index is 2.91. The number of ether oxygens (including phenoxy) is 2. The summed E-state index contributed by atoms with van der Waals surface area (Å²) in [6.45, 7) is 2.13. The van der Waals surface area contributed by atoms with Gasteiger partial charge in [-0.1, -0.05) is 0 Å². The molecule has 1 atom stereocenters.